The molecule has 2 rings (SSSR count). The van der Waals surface area contributed by atoms with E-state index in [2.05, 4.69) is 48.5 Å². The smallest absolute Gasteiger partial charge is 0.101 e. The highest BCUT2D eigenvalue weighted by molar-refractivity contribution is 5.48. The largest absolute Gasteiger partial charge is 0.382 e. The van der Waals surface area contributed by atoms with Crippen molar-refractivity contribution in [3.63, 3.8) is 0 Å². The number of aryl methyl sites for hydroxylation is 1. The molecule has 1 aliphatic rings. The molecule has 4 nitrogen and oxygen atoms in total. The molecular weight excluding hydrogens is 202 g/mol. The van der Waals surface area contributed by atoms with Crippen molar-refractivity contribution in [2.45, 2.75) is 25.9 Å². The van der Waals surface area contributed by atoms with Gasteiger partial charge in [0.25, 0.3) is 0 Å². The fourth-order valence-corrected chi connectivity index (χ4v) is 1.81. The minimum absolute atomic E-state index is 0.182. The van der Waals surface area contributed by atoms with Gasteiger partial charge in [-0.05, 0) is 26.0 Å². The van der Waals surface area contributed by atoms with E-state index in [0.29, 0.717) is 6.61 Å². The zero-order valence-corrected chi connectivity index (χ0v) is 9.92. The summed E-state index contributed by atoms with van der Waals surface area (Å²) in [6.45, 7) is 4.77. The van der Waals surface area contributed by atoms with Gasteiger partial charge in [0.1, 0.15) is 6.04 Å². The molecular formula is C12H17N3O. The Morgan fingerprint density at radius 2 is 2.00 bits per heavy atom. The van der Waals surface area contributed by atoms with Gasteiger partial charge in [-0.25, -0.2) is 5.01 Å². The number of nitrogens with zero attached hydrogens (tertiary/aromatic N) is 3. The summed E-state index contributed by atoms with van der Waals surface area (Å²) < 4.78 is 5.21. The third-order valence-corrected chi connectivity index (χ3v) is 2.84. The minimum Gasteiger partial charge on any atom is -0.382 e. The summed E-state index contributed by atoms with van der Waals surface area (Å²) >= 11 is 0. The van der Waals surface area contributed by atoms with E-state index in [4.69, 9.17) is 4.74 Å². The highest BCUT2D eigenvalue weighted by atomic mass is 16.5. The Labute approximate surface area is 95.9 Å². The monoisotopic (exact) mass is 219 g/mol. The molecule has 0 saturated carbocycles. The van der Waals surface area contributed by atoms with E-state index in [9.17, 15) is 0 Å². The highest BCUT2D eigenvalue weighted by Crippen LogP contribution is 2.25. The second-order valence-electron chi connectivity index (χ2n) is 4.15. The zero-order valence-electron chi connectivity index (χ0n) is 9.92. The van der Waals surface area contributed by atoms with E-state index < -0.39 is 0 Å². The van der Waals surface area contributed by atoms with Crippen LogP contribution in [-0.4, -0.2) is 25.8 Å². The van der Waals surface area contributed by atoms with Crippen LogP contribution < -0.4 is 5.01 Å². The molecule has 16 heavy (non-hydrogen) atoms. The van der Waals surface area contributed by atoms with Gasteiger partial charge < -0.3 is 4.74 Å². The van der Waals surface area contributed by atoms with E-state index in [1.54, 1.807) is 7.11 Å². The Hall–Kier alpha value is -1.42. The number of hydrogen-bond donors (Lipinski definition) is 0. The average molecular weight is 219 g/mol. The standard InChI is InChI=1S/C12H17N3O/c1-9-4-6-11(7-5-9)15-12(8-16-3)10(2)13-14-15/h4-7,10,12H,8H2,1-3H3. The van der Waals surface area contributed by atoms with Crippen LogP contribution in [0, 0.1) is 6.92 Å². The van der Waals surface area contributed by atoms with Crippen LogP contribution >= 0.6 is 0 Å². The SMILES string of the molecule is COCC1C(C)N=NN1c1ccc(C)cc1. The molecule has 2 unspecified atom stereocenters. The second-order valence-corrected chi connectivity index (χ2v) is 4.15. The van der Waals surface area contributed by atoms with Crippen LogP contribution in [-0.2, 0) is 4.74 Å². The van der Waals surface area contributed by atoms with E-state index in [1.807, 2.05) is 5.01 Å². The van der Waals surface area contributed by atoms with Crippen molar-refractivity contribution in [1.29, 1.82) is 0 Å². The van der Waals surface area contributed by atoms with Crippen molar-refractivity contribution in [3.05, 3.63) is 29.8 Å². The van der Waals surface area contributed by atoms with Crippen LogP contribution in [0.1, 0.15) is 12.5 Å². The predicted octanol–water partition coefficient (Wildman–Crippen LogP) is 2.59. The third kappa shape index (κ3) is 2.07. The Bertz CT molecular complexity index is 374. The van der Waals surface area contributed by atoms with Crippen molar-refractivity contribution < 1.29 is 4.74 Å². The quantitative estimate of drug-likeness (QED) is 0.783. The Morgan fingerprint density at radius 1 is 1.31 bits per heavy atom. The molecule has 0 radical (unpaired) electrons. The molecule has 1 aromatic carbocycles. The summed E-state index contributed by atoms with van der Waals surface area (Å²) in [5.41, 5.74) is 2.32. The maximum absolute atomic E-state index is 5.21. The van der Waals surface area contributed by atoms with Gasteiger partial charge in [-0.15, -0.1) is 0 Å². The molecule has 0 fully saturated rings. The van der Waals surface area contributed by atoms with Crippen LogP contribution in [0.5, 0.6) is 0 Å². The van der Waals surface area contributed by atoms with E-state index in [0.717, 1.165) is 5.69 Å². The number of anilines is 1. The molecule has 1 aromatic rings. The minimum atomic E-state index is 0.182. The summed E-state index contributed by atoms with van der Waals surface area (Å²) in [7, 11) is 1.71. The molecule has 0 bridgehead atoms. The lowest BCUT2D eigenvalue weighted by Crippen LogP contribution is -2.37. The van der Waals surface area contributed by atoms with Crippen LogP contribution in [0.15, 0.2) is 34.6 Å². The number of ether oxygens (including phenoxy) is 1. The van der Waals surface area contributed by atoms with Gasteiger partial charge in [0.05, 0.1) is 18.3 Å². The summed E-state index contributed by atoms with van der Waals surface area (Å²) in [5, 5.41) is 10.3. The number of hydrogen-bond acceptors (Lipinski definition) is 4. The summed E-state index contributed by atoms with van der Waals surface area (Å²) in [5.74, 6) is 0. The van der Waals surface area contributed by atoms with E-state index in [-0.39, 0.29) is 12.1 Å². The Morgan fingerprint density at radius 3 is 2.62 bits per heavy atom. The normalized spacial score (nSPS) is 24.1. The molecule has 1 heterocycles. The lowest BCUT2D eigenvalue weighted by Gasteiger charge is -2.23. The summed E-state index contributed by atoms with van der Waals surface area (Å²) in [6.07, 6.45) is 0. The first kappa shape index (κ1) is 11.1. The first-order valence-corrected chi connectivity index (χ1v) is 5.48. The van der Waals surface area contributed by atoms with Crippen LogP contribution in [0.4, 0.5) is 5.69 Å². The van der Waals surface area contributed by atoms with Crippen molar-refractivity contribution in [3.8, 4) is 0 Å². The molecule has 0 amide bonds. The number of rotatable bonds is 3. The van der Waals surface area contributed by atoms with Gasteiger partial charge in [-0.2, -0.15) is 5.11 Å². The highest BCUT2D eigenvalue weighted by Gasteiger charge is 2.30. The van der Waals surface area contributed by atoms with Crippen LogP contribution in [0.25, 0.3) is 0 Å². The summed E-state index contributed by atoms with van der Waals surface area (Å²) in [6, 6.07) is 8.67. The fraction of sp³-hybridized carbons (Fsp3) is 0.500. The maximum Gasteiger partial charge on any atom is 0.101 e. The molecule has 2 atom stereocenters. The molecule has 0 spiro atoms. The number of methoxy groups -OCH3 is 1. The molecule has 86 valence electrons. The van der Waals surface area contributed by atoms with Crippen LogP contribution in [0.3, 0.4) is 0 Å². The van der Waals surface area contributed by atoms with Crippen molar-refractivity contribution in [2.24, 2.45) is 10.3 Å². The average Bonchev–Trinajstić information content (AvgIpc) is 2.63. The van der Waals surface area contributed by atoms with Crippen LogP contribution in [0.2, 0.25) is 0 Å². The van der Waals surface area contributed by atoms with E-state index >= 15 is 0 Å². The molecule has 1 aliphatic heterocycles. The maximum atomic E-state index is 5.21. The fourth-order valence-electron chi connectivity index (χ4n) is 1.81. The van der Waals surface area contributed by atoms with Gasteiger partial charge >= 0.3 is 0 Å². The third-order valence-electron chi connectivity index (χ3n) is 2.84. The summed E-state index contributed by atoms with van der Waals surface area (Å²) in [4.78, 5) is 0. The topological polar surface area (TPSA) is 37.2 Å². The van der Waals surface area contributed by atoms with Crippen molar-refractivity contribution in [2.75, 3.05) is 18.7 Å². The van der Waals surface area contributed by atoms with Gasteiger partial charge in [-0.3, -0.25) is 0 Å². The number of benzene rings is 1. The molecule has 4 heteroatoms. The Kier molecular flexibility index (Phi) is 3.19. The van der Waals surface area contributed by atoms with Gasteiger partial charge in [0, 0.05) is 7.11 Å². The van der Waals surface area contributed by atoms with Gasteiger partial charge in [-0.1, -0.05) is 22.9 Å². The van der Waals surface area contributed by atoms with Crippen molar-refractivity contribution >= 4 is 5.69 Å². The zero-order chi connectivity index (χ0) is 11.5. The van der Waals surface area contributed by atoms with E-state index in [1.165, 1.54) is 5.56 Å². The first-order chi connectivity index (χ1) is 7.72. The first-order valence-electron chi connectivity index (χ1n) is 5.48. The molecule has 0 saturated heterocycles. The predicted molar refractivity (Wildman–Crippen MR) is 63.6 cm³/mol. The molecule has 0 aliphatic carbocycles. The second kappa shape index (κ2) is 4.61. The van der Waals surface area contributed by atoms with Crippen molar-refractivity contribution in [1.82, 2.24) is 0 Å². The van der Waals surface area contributed by atoms with Gasteiger partial charge in [0.15, 0.2) is 0 Å². The Balaban J connectivity index is 2.19. The lowest BCUT2D eigenvalue weighted by molar-refractivity contribution is 0.175. The van der Waals surface area contributed by atoms with Gasteiger partial charge in [0.2, 0.25) is 0 Å². The lowest BCUT2D eigenvalue weighted by atomic mass is 10.1. The molecule has 0 aromatic heterocycles. The molecule has 0 N–H and O–H groups in total.